The van der Waals surface area contributed by atoms with Crippen LogP contribution in [-0.4, -0.2) is 87.5 Å². The van der Waals surface area contributed by atoms with Gasteiger partial charge in [0.05, 0.1) is 25.2 Å². The Morgan fingerprint density at radius 3 is 2.24 bits per heavy atom. The van der Waals surface area contributed by atoms with Crippen LogP contribution >= 0.6 is 0 Å². The summed E-state index contributed by atoms with van der Waals surface area (Å²) in [5, 5.41) is 10.7. The molecule has 1 atom stereocenters. The average Bonchev–Trinajstić information content (AvgIpc) is 2.88. The normalized spacial score (nSPS) is 12.2. The Morgan fingerprint density at radius 1 is 1.05 bits per heavy atom. The van der Waals surface area contributed by atoms with Crippen LogP contribution in [0.1, 0.15) is 32.6 Å². The summed E-state index contributed by atoms with van der Waals surface area (Å²) in [6.45, 7) is 1.75. The summed E-state index contributed by atoms with van der Waals surface area (Å²) < 4.78 is 38.5. The first kappa shape index (κ1) is 30.6. The van der Waals surface area contributed by atoms with Crippen molar-refractivity contribution in [3.8, 4) is 11.5 Å². The number of ether oxygens (including phenoxy) is 2. The molecule has 0 radical (unpaired) electrons. The minimum atomic E-state index is -4.53. The number of carboxylic acid groups (broad SMARTS) is 1. The second-order valence-corrected chi connectivity index (χ2v) is 10.6. The van der Waals surface area contributed by atoms with Gasteiger partial charge in [0.2, 0.25) is 0 Å². The quantitative estimate of drug-likeness (QED) is 0.167. The summed E-state index contributed by atoms with van der Waals surface area (Å²) in [4.78, 5) is 30.8. The summed E-state index contributed by atoms with van der Waals surface area (Å²) in [6.07, 6.45) is 2.26. The molecule has 12 nitrogen and oxygen atoms in total. The second-order valence-electron chi connectivity index (χ2n) is 8.76. The van der Waals surface area contributed by atoms with Crippen molar-refractivity contribution in [3.63, 3.8) is 0 Å². The number of carboxylic acids is 1. The number of methoxy groups -OCH3 is 2. The Bertz CT molecular complexity index is 1260. The molecule has 0 heterocycles. The molecule has 0 aliphatic rings. The fraction of sp³-hybridized carbons (Fsp3) is 0.480. The van der Waals surface area contributed by atoms with Crippen molar-refractivity contribution in [2.24, 2.45) is 16.5 Å². The first-order valence-corrected chi connectivity index (χ1v) is 13.6. The van der Waals surface area contributed by atoms with Crippen LogP contribution in [0.25, 0.3) is 10.8 Å². The van der Waals surface area contributed by atoms with Gasteiger partial charge in [0.15, 0.2) is 17.5 Å². The van der Waals surface area contributed by atoms with Crippen molar-refractivity contribution >= 4 is 38.6 Å². The molecule has 2 rings (SSSR count). The topological polar surface area (TPSA) is 178 Å². The smallest absolute Gasteiger partial charge is 0.324 e. The van der Waals surface area contributed by atoms with Crippen LogP contribution in [0.5, 0.6) is 11.5 Å². The van der Waals surface area contributed by atoms with Crippen LogP contribution in [-0.2, 0) is 19.6 Å². The Hall–Kier alpha value is -3.58. The largest absolute Gasteiger partial charge is 0.493 e. The van der Waals surface area contributed by atoms with Gasteiger partial charge in [0.25, 0.3) is 15.9 Å². The third-order valence-corrected chi connectivity index (χ3v) is 7.78. The number of benzene rings is 2. The number of hydrogen-bond acceptors (Lipinski definition) is 8. The number of likely N-dealkylation sites (N-methyl/N-ethyl adjacent to an activating group) is 1. The number of nitrogens with zero attached hydrogens (tertiary/aromatic N) is 3. The molecule has 0 unspecified atom stereocenters. The first-order valence-electron chi connectivity index (χ1n) is 12.2. The fourth-order valence-corrected chi connectivity index (χ4v) is 5.41. The van der Waals surface area contributed by atoms with Gasteiger partial charge in [0.1, 0.15) is 6.54 Å². The lowest BCUT2D eigenvalue weighted by Crippen LogP contribution is -2.51. The maximum atomic E-state index is 13.7. The number of guanidine groups is 1. The maximum Gasteiger partial charge on any atom is 0.324 e. The number of nitrogens with two attached hydrogens (primary N) is 2. The van der Waals surface area contributed by atoms with Gasteiger partial charge in [-0.1, -0.05) is 19.4 Å². The lowest BCUT2D eigenvalue weighted by atomic mass is 10.1. The molecule has 2 aromatic rings. The van der Waals surface area contributed by atoms with E-state index >= 15 is 0 Å². The van der Waals surface area contributed by atoms with Crippen molar-refractivity contribution < 1.29 is 32.6 Å². The van der Waals surface area contributed by atoms with Crippen LogP contribution in [0.15, 0.2) is 40.2 Å². The maximum absolute atomic E-state index is 13.7. The van der Waals surface area contributed by atoms with E-state index in [2.05, 4.69) is 4.99 Å². The van der Waals surface area contributed by atoms with E-state index in [4.69, 9.17) is 20.9 Å². The number of sulfonamides is 1. The lowest BCUT2D eigenvalue weighted by molar-refractivity contribution is -0.143. The minimum Gasteiger partial charge on any atom is -0.493 e. The third-order valence-electron chi connectivity index (χ3n) is 6.04. The first-order chi connectivity index (χ1) is 18.0. The van der Waals surface area contributed by atoms with Gasteiger partial charge in [-0.15, -0.1) is 0 Å². The SMILES string of the molecule is CCCCN(C)[C@@H](CCCN=C(N)N)C(=O)N(CC(=O)O)S(=O)(=O)c1ccc2cc(OC)c(OC)cc2c1. The molecule has 0 aliphatic carbocycles. The number of carbonyl (C=O) groups is 2. The van der Waals surface area contributed by atoms with Crippen LogP contribution in [0.3, 0.4) is 0 Å². The lowest BCUT2D eigenvalue weighted by Gasteiger charge is -2.31. The van der Waals surface area contributed by atoms with Crippen molar-refractivity contribution in [3.05, 3.63) is 30.3 Å². The highest BCUT2D eigenvalue weighted by molar-refractivity contribution is 7.89. The molecule has 210 valence electrons. The summed E-state index contributed by atoms with van der Waals surface area (Å²) in [6, 6.07) is 6.69. The van der Waals surface area contributed by atoms with Gasteiger partial charge in [-0.2, -0.15) is 0 Å². The molecule has 1 amide bonds. The highest BCUT2D eigenvalue weighted by atomic mass is 32.2. The molecule has 0 bridgehead atoms. The number of rotatable bonds is 15. The predicted octanol–water partition coefficient (Wildman–Crippen LogP) is 1.61. The van der Waals surface area contributed by atoms with Crippen molar-refractivity contribution in [1.29, 1.82) is 0 Å². The number of amides is 1. The summed E-state index contributed by atoms with van der Waals surface area (Å²) in [7, 11) is 0.127. The highest BCUT2D eigenvalue weighted by Crippen LogP contribution is 2.33. The highest BCUT2D eigenvalue weighted by Gasteiger charge is 2.37. The van der Waals surface area contributed by atoms with Gasteiger partial charge < -0.3 is 26.0 Å². The second kappa shape index (κ2) is 13.8. The Balaban J connectivity index is 2.51. The predicted molar refractivity (Wildman–Crippen MR) is 145 cm³/mol. The Kier molecular flexibility index (Phi) is 11.1. The van der Waals surface area contributed by atoms with Gasteiger partial charge >= 0.3 is 5.97 Å². The number of fused-ring (bicyclic) bond motifs is 1. The van der Waals surface area contributed by atoms with E-state index in [1.165, 1.54) is 26.4 Å². The molecule has 0 fully saturated rings. The van der Waals surface area contributed by atoms with E-state index in [1.807, 2.05) is 6.92 Å². The average molecular weight is 552 g/mol. The van der Waals surface area contributed by atoms with Gasteiger partial charge in [-0.25, -0.2) is 12.7 Å². The van der Waals surface area contributed by atoms with Gasteiger partial charge in [0, 0.05) is 6.54 Å². The van der Waals surface area contributed by atoms with E-state index in [9.17, 15) is 23.1 Å². The molecule has 0 aliphatic heterocycles. The number of hydrogen-bond donors (Lipinski definition) is 3. The zero-order valence-electron chi connectivity index (χ0n) is 22.2. The molecule has 38 heavy (non-hydrogen) atoms. The Labute approximate surface area is 223 Å². The molecule has 0 saturated carbocycles. The van der Waals surface area contributed by atoms with Crippen LogP contribution in [0, 0.1) is 0 Å². The number of carbonyl (C=O) groups excluding carboxylic acids is 1. The molecule has 5 N–H and O–H groups in total. The molecular formula is C25H37N5O7S. The van der Waals surface area contributed by atoms with Crippen LogP contribution in [0.4, 0.5) is 0 Å². The molecule has 0 spiro atoms. The third kappa shape index (κ3) is 7.71. The van der Waals surface area contributed by atoms with Crippen molar-refractivity contribution in [2.45, 2.75) is 43.5 Å². The molecule has 2 aromatic carbocycles. The Morgan fingerprint density at radius 2 is 1.68 bits per heavy atom. The van der Waals surface area contributed by atoms with E-state index in [0.717, 1.165) is 12.8 Å². The molecular weight excluding hydrogens is 514 g/mol. The molecule has 13 heteroatoms. The van der Waals surface area contributed by atoms with Crippen LogP contribution < -0.4 is 20.9 Å². The van der Waals surface area contributed by atoms with Gasteiger partial charge in [-0.3, -0.25) is 19.5 Å². The van der Waals surface area contributed by atoms with Crippen molar-refractivity contribution in [2.75, 3.05) is 40.9 Å². The standard InChI is InChI=1S/C25H37N5O7S/c1-5-6-12-29(2)20(8-7-11-28-25(26)27)24(33)30(16-23(31)32)38(34,35)19-10-9-17-14-21(36-3)22(37-4)15-18(17)13-19/h9-10,13-15,20H,5-8,11-12,16H2,1-4H3,(H,31,32)(H4,26,27,28)/t20-/m0/s1. The summed E-state index contributed by atoms with van der Waals surface area (Å²) >= 11 is 0. The van der Waals surface area contributed by atoms with E-state index in [0.29, 0.717) is 39.5 Å². The van der Waals surface area contributed by atoms with Gasteiger partial charge in [-0.05, 0) is 67.9 Å². The zero-order valence-corrected chi connectivity index (χ0v) is 23.0. The summed E-state index contributed by atoms with van der Waals surface area (Å²) in [5.41, 5.74) is 10.8. The van der Waals surface area contributed by atoms with E-state index in [-0.39, 0.29) is 23.8 Å². The van der Waals surface area contributed by atoms with E-state index in [1.54, 1.807) is 30.1 Å². The fourth-order valence-electron chi connectivity index (χ4n) is 4.00. The van der Waals surface area contributed by atoms with Crippen LogP contribution in [0.2, 0.25) is 0 Å². The number of aliphatic carboxylic acids is 1. The van der Waals surface area contributed by atoms with Crippen molar-refractivity contribution in [1.82, 2.24) is 9.21 Å². The number of aliphatic imine (C=N–C) groups is 1. The minimum absolute atomic E-state index is 0.0900. The monoisotopic (exact) mass is 551 g/mol. The zero-order chi connectivity index (χ0) is 28.5. The molecule has 0 saturated heterocycles. The molecule has 0 aromatic heterocycles. The number of unbranched alkanes of at least 4 members (excludes halogenated alkanes) is 1. The summed E-state index contributed by atoms with van der Waals surface area (Å²) in [5.74, 6) is -1.51. The van der Waals surface area contributed by atoms with E-state index < -0.39 is 34.5 Å².